The van der Waals surface area contributed by atoms with E-state index in [1.807, 2.05) is 18.2 Å². The van der Waals surface area contributed by atoms with E-state index in [4.69, 9.17) is 9.63 Å². The van der Waals surface area contributed by atoms with Gasteiger partial charge in [0, 0.05) is 37.9 Å². The number of para-hydroxylation sites is 1. The van der Waals surface area contributed by atoms with Crippen LogP contribution in [0.1, 0.15) is 0 Å². The van der Waals surface area contributed by atoms with Gasteiger partial charge in [-0.25, -0.2) is 0 Å². The van der Waals surface area contributed by atoms with Crippen LogP contribution in [0.5, 0.6) is 0 Å². The summed E-state index contributed by atoms with van der Waals surface area (Å²) < 4.78 is 5.30. The van der Waals surface area contributed by atoms with Crippen molar-refractivity contribution in [3.8, 4) is 11.6 Å². The number of hydrogen-bond acceptors (Lipinski definition) is 8. The molecule has 10 nitrogen and oxygen atoms in total. The van der Waals surface area contributed by atoms with E-state index < -0.39 is 5.97 Å². The molecule has 2 aromatic heterocycles. The number of tetrazole rings is 1. The first-order valence-corrected chi connectivity index (χ1v) is 8.21. The Bertz CT molecular complexity index is 884. The highest BCUT2D eigenvalue weighted by Crippen LogP contribution is 2.23. The van der Waals surface area contributed by atoms with Crippen LogP contribution < -0.4 is 9.80 Å². The average Bonchev–Trinajstić information content (AvgIpc) is 3.31. The number of carboxylic acids is 1. The number of nitrogens with zero attached hydrogens (tertiary/aromatic N) is 7. The number of piperazine rings is 1. The SMILES string of the molecule is O=C(O)Cn1nnc(-c2cc(N3CCN(c4ccccc4)CC3)no2)n1. The standard InChI is InChI=1S/C16H17N7O3/c24-15(25)11-23-18-16(17-20-23)13-10-14(19-26-13)22-8-6-21(7-9-22)12-4-2-1-3-5-12/h1-5,10H,6-9,11H2,(H,24,25). The zero-order valence-corrected chi connectivity index (χ0v) is 13.9. The van der Waals surface area contributed by atoms with Gasteiger partial charge < -0.3 is 19.4 Å². The molecule has 0 spiro atoms. The van der Waals surface area contributed by atoms with Crippen molar-refractivity contribution >= 4 is 17.5 Å². The topological polar surface area (TPSA) is 113 Å². The zero-order chi connectivity index (χ0) is 17.9. The van der Waals surface area contributed by atoms with Gasteiger partial charge in [0.05, 0.1) is 0 Å². The fourth-order valence-electron chi connectivity index (χ4n) is 2.88. The first kappa shape index (κ1) is 16.1. The highest BCUT2D eigenvalue weighted by atomic mass is 16.5. The summed E-state index contributed by atoms with van der Waals surface area (Å²) >= 11 is 0. The number of hydrogen-bond donors (Lipinski definition) is 1. The van der Waals surface area contributed by atoms with Gasteiger partial charge in [0.15, 0.2) is 12.4 Å². The minimum absolute atomic E-state index is 0.216. The Hall–Kier alpha value is -3.43. The van der Waals surface area contributed by atoms with Crippen molar-refractivity contribution in [2.45, 2.75) is 6.54 Å². The highest BCUT2D eigenvalue weighted by Gasteiger charge is 2.21. The van der Waals surface area contributed by atoms with Gasteiger partial charge >= 0.3 is 5.97 Å². The van der Waals surface area contributed by atoms with E-state index in [1.165, 1.54) is 5.69 Å². The summed E-state index contributed by atoms with van der Waals surface area (Å²) in [5.74, 6) is 0.251. The summed E-state index contributed by atoms with van der Waals surface area (Å²) in [5, 5.41) is 24.3. The Morgan fingerprint density at radius 2 is 1.85 bits per heavy atom. The molecular formula is C16H17N7O3. The molecule has 1 fully saturated rings. The molecule has 1 N–H and O–H groups in total. The number of carbonyl (C=O) groups is 1. The number of aliphatic carboxylic acids is 1. The largest absolute Gasteiger partial charge is 0.480 e. The van der Waals surface area contributed by atoms with Gasteiger partial charge in [-0.3, -0.25) is 4.79 Å². The molecule has 10 heteroatoms. The Morgan fingerprint density at radius 3 is 2.58 bits per heavy atom. The number of carboxylic acid groups (broad SMARTS) is 1. The van der Waals surface area contributed by atoms with Crippen LogP contribution in [0.15, 0.2) is 40.9 Å². The summed E-state index contributed by atoms with van der Waals surface area (Å²) in [4.78, 5) is 16.1. The molecule has 0 bridgehead atoms. The van der Waals surface area contributed by atoms with Crippen LogP contribution in [-0.4, -0.2) is 62.6 Å². The Kier molecular flexibility index (Phi) is 4.22. The lowest BCUT2D eigenvalue weighted by atomic mass is 10.2. The van der Waals surface area contributed by atoms with Crippen molar-refractivity contribution in [3.63, 3.8) is 0 Å². The number of anilines is 2. The number of benzene rings is 1. The lowest BCUT2D eigenvalue weighted by Gasteiger charge is -2.35. The molecular weight excluding hydrogens is 338 g/mol. The summed E-state index contributed by atoms with van der Waals surface area (Å²) in [6.07, 6.45) is 0. The molecule has 0 radical (unpaired) electrons. The van der Waals surface area contributed by atoms with Gasteiger partial charge in [-0.05, 0) is 17.3 Å². The van der Waals surface area contributed by atoms with Crippen molar-refractivity contribution in [2.24, 2.45) is 0 Å². The normalized spacial score (nSPS) is 14.6. The van der Waals surface area contributed by atoms with E-state index in [0.717, 1.165) is 31.0 Å². The smallest absolute Gasteiger partial charge is 0.327 e. The van der Waals surface area contributed by atoms with Crippen molar-refractivity contribution in [2.75, 3.05) is 36.0 Å². The third kappa shape index (κ3) is 3.34. The average molecular weight is 355 g/mol. The van der Waals surface area contributed by atoms with E-state index in [1.54, 1.807) is 6.07 Å². The van der Waals surface area contributed by atoms with E-state index >= 15 is 0 Å². The second-order valence-electron chi connectivity index (χ2n) is 5.90. The van der Waals surface area contributed by atoms with E-state index in [9.17, 15) is 4.79 Å². The second-order valence-corrected chi connectivity index (χ2v) is 5.90. The van der Waals surface area contributed by atoms with Crippen LogP contribution in [0.2, 0.25) is 0 Å². The molecule has 4 rings (SSSR count). The molecule has 1 aliphatic heterocycles. The molecule has 3 aromatic rings. The summed E-state index contributed by atoms with van der Waals surface area (Å²) in [5.41, 5.74) is 1.22. The molecule has 0 amide bonds. The van der Waals surface area contributed by atoms with Gasteiger partial charge in [0.1, 0.15) is 0 Å². The first-order chi connectivity index (χ1) is 12.7. The maximum atomic E-state index is 10.7. The molecule has 1 aliphatic rings. The Balaban J connectivity index is 1.41. The van der Waals surface area contributed by atoms with Crippen molar-refractivity contribution in [3.05, 3.63) is 36.4 Å². The fourth-order valence-corrected chi connectivity index (χ4v) is 2.88. The van der Waals surface area contributed by atoms with Crippen LogP contribution in [-0.2, 0) is 11.3 Å². The summed E-state index contributed by atoms with van der Waals surface area (Å²) in [6.45, 7) is 3.06. The minimum Gasteiger partial charge on any atom is -0.480 e. The van der Waals surface area contributed by atoms with Gasteiger partial charge in [-0.1, -0.05) is 23.4 Å². The summed E-state index contributed by atoms with van der Waals surface area (Å²) in [6, 6.07) is 12.1. The number of rotatable bonds is 5. The van der Waals surface area contributed by atoms with Crippen LogP contribution in [0.3, 0.4) is 0 Å². The summed E-state index contributed by atoms with van der Waals surface area (Å²) in [7, 11) is 0. The molecule has 3 heterocycles. The van der Waals surface area contributed by atoms with Crippen LogP contribution >= 0.6 is 0 Å². The molecule has 1 saturated heterocycles. The van der Waals surface area contributed by atoms with E-state index in [-0.39, 0.29) is 12.4 Å². The zero-order valence-electron chi connectivity index (χ0n) is 13.9. The van der Waals surface area contributed by atoms with Crippen molar-refractivity contribution < 1.29 is 14.4 Å². The van der Waals surface area contributed by atoms with Gasteiger partial charge in [-0.15, -0.1) is 10.2 Å². The van der Waals surface area contributed by atoms with Crippen molar-refractivity contribution in [1.29, 1.82) is 0 Å². The first-order valence-electron chi connectivity index (χ1n) is 8.21. The van der Waals surface area contributed by atoms with Gasteiger partial charge in [-0.2, -0.15) is 4.80 Å². The predicted octanol–water partition coefficient (Wildman–Crippen LogP) is 0.739. The lowest BCUT2D eigenvalue weighted by Crippen LogP contribution is -2.46. The minimum atomic E-state index is -1.04. The maximum absolute atomic E-state index is 10.7. The Morgan fingerprint density at radius 1 is 1.12 bits per heavy atom. The maximum Gasteiger partial charge on any atom is 0.327 e. The van der Waals surface area contributed by atoms with E-state index in [2.05, 4.69) is 42.5 Å². The van der Waals surface area contributed by atoms with Crippen LogP contribution in [0.25, 0.3) is 11.6 Å². The third-order valence-corrected chi connectivity index (χ3v) is 4.17. The predicted molar refractivity (Wildman–Crippen MR) is 91.8 cm³/mol. The highest BCUT2D eigenvalue weighted by molar-refractivity contribution is 5.66. The monoisotopic (exact) mass is 355 g/mol. The van der Waals surface area contributed by atoms with E-state index in [0.29, 0.717) is 11.6 Å². The second kappa shape index (κ2) is 6.82. The molecule has 0 unspecified atom stereocenters. The van der Waals surface area contributed by atoms with Crippen LogP contribution in [0.4, 0.5) is 11.5 Å². The molecule has 0 aliphatic carbocycles. The van der Waals surface area contributed by atoms with Gasteiger partial charge in [0.2, 0.25) is 11.6 Å². The fraction of sp³-hybridized carbons (Fsp3) is 0.312. The Labute approximate surface area is 148 Å². The van der Waals surface area contributed by atoms with Crippen LogP contribution in [0, 0.1) is 0 Å². The van der Waals surface area contributed by atoms with Crippen molar-refractivity contribution in [1.82, 2.24) is 25.4 Å². The lowest BCUT2D eigenvalue weighted by molar-refractivity contribution is -0.138. The molecule has 134 valence electrons. The van der Waals surface area contributed by atoms with Gasteiger partial charge in [0.25, 0.3) is 0 Å². The third-order valence-electron chi connectivity index (χ3n) is 4.17. The quantitative estimate of drug-likeness (QED) is 0.708. The molecule has 0 atom stereocenters. The molecule has 0 saturated carbocycles. The molecule has 1 aromatic carbocycles. The number of aromatic nitrogens is 5. The molecule has 26 heavy (non-hydrogen) atoms.